The molecule has 0 radical (unpaired) electrons. The van der Waals surface area contributed by atoms with Crippen molar-refractivity contribution >= 4 is 32.8 Å². The quantitative estimate of drug-likeness (QED) is 0.762. The van der Waals surface area contributed by atoms with Crippen LogP contribution in [-0.2, 0) is 7.05 Å². The Morgan fingerprint density at radius 3 is 2.85 bits per heavy atom. The van der Waals surface area contributed by atoms with E-state index in [4.69, 9.17) is 5.73 Å². The topological polar surface area (TPSA) is 56.7 Å². The van der Waals surface area contributed by atoms with Gasteiger partial charge in [0.15, 0.2) is 0 Å². The summed E-state index contributed by atoms with van der Waals surface area (Å²) < 4.78 is 2.85. The third-order valence-corrected chi connectivity index (χ3v) is 2.51. The Kier molecular flexibility index (Phi) is 1.76. The van der Waals surface area contributed by atoms with Crippen molar-refractivity contribution in [3.05, 3.63) is 16.5 Å². The van der Waals surface area contributed by atoms with E-state index < -0.39 is 0 Å². The molecule has 0 aliphatic carbocycles. The maximum atomic E-state index is 5.78. The van der Waals surface area contributed by atoms with Crippen molar-refractivity contribution in [2.45, 2.75) is 6.92 Å². The molecule has 0 amide bonds. The number of nitrogen functional groups attached to an aromatic ring is 1. The summed E-state index contributed by atoms with van der Waals surface area (Å²) in [7, 11) is 1.93. The van der Waals surface area contributed by atoms with Crippen LogP contribution in [0.25, 0.3) is 11.0 Å². The van der Waals surface area contributed by atoms with Gasteiger partial charge in [0.05, 0.1) is 5.39 Å². The van der Waals surface area contributed by atoms with Crippen molar-refractivity contribution < 1.29 is 0 Å². The number of halogens is 1. The first-order valence-electron chi connectivity index (χ1n) is 3.84. The lowest BCUT2D eigenvalue weighted by Gasteiger charge is -1.99. The van der Waals surface area contributed by atoms with Gasteiger partial charge in [-0.15, -0.1) is 0 Å². The zero-order valence-corrected chi connectivity index (χ0v) is 8.96. The maximum absolute atomic E-state index is 5.78. The molecule has 0 aromatic carbocycles. The van der Waals surface area contributed by atoms with Crippen LogP contribution in [0.5, 0.6) is 0 Å². The minimum Gasteiger partial charge on any atom is -0.383 e. The van der Waals surface area contributed by atoms with E-state index in [1.165, 1.54) is 0 Å². The van der Waals surface area contributed by atoms with Gasteiger partial charge in [-0.3, -0.25) is 0 Å². The first kappa shape index (κ1) is 8.50. The Labute approximate surface area is 83.9 Å². The molecular formula is C8H9BrN4. The Hall–Kier alpha value is -1.10. The minimum absolute atomic E-state index is 0.523. The lowest BCUT2D eigenvalue weighted by atomic mass is 10.4. The summed E-state index contributed by atoms with van der Waals surface area (Å²) in [6, 6.07) is 0. The second kappa shape index (κ2) is 2.70. The highest BCUT2D eigenvalue weighted by Crippen LogP contribution is 2.27. The number of anilines is 1. The fourth-order valence-corrected chi connectivity index (χ4v) is 2.05. The van der Waals surface area contributed by atoms with Crippen molar-refractivity contribution in [1.82, 2.24) is 14.5 Å². The van der Waals surface area contributed by atoms with Gasteiger partial charge in [0.1, 0.15) is 17.3 Å². The number of aromatic nitrogens is 3. The van der Waals surface area contributed by atoms with Crippen LogP contribution in [0, 0.1) is 6.92 Å². The molecule has 2 rings (SSSR count). The molecule has 0 saturated carbocycles. The van der Waals surface area contributed by atoms with E-state index in [0.717, 1.165) is 15.5 Å². The Morgan fingerprint density at radius 1 is 1.46 bits per heavy atom. The molecule has 0 spiro atoms. The van der Waals surface area contributed by atoms with Gasteiger partial charge < -0.3 is 10.3 Å². The minimum atomic E-state index is 0.523. The van der Waals surface area contributed by atoms with E-state index in [-0.39, 0.29) is 0 Å². The highest BCUT2D eigenvalue weighted by Gasteiger charge is 2.10. The maximum Gasteiger partial charge on any atom is 0.146 e. The third-order valence-electron chi connectivity index (χ3n) is 1.91. The van der Waals surface area contributed by atoms with Crippen molar-refractivity contribution in [3.8, 4) is 0 Å². The fourth-order valence-electron chi connectivity index (χ4n) is 1.36. The Bertz CT molecular complexity index is 474. The predicted octanol–water partition coefficient (Wildman–Crippen LogP) is 1.62. The summed E-state index contributed by atoms with van der Waals surface area (Å²) in [5.41, 5.74) is 6.63. The monoisotopic (exact) mass is 240 g/mol. The SMILES string of the molecule is Cc1nc(N)c2c(Br)cn(C)c2n1. The Balaban J connectivity index is 2.97. The van der Waals surface area contributed by atoms with E-state index in [0.29, 0.717) is 11.6 Å². The number of hydrogen-bond donors (Lipinski definition) is 1. The van der Waals surface area contributed by atoms with Crippen LogP contribution in [0.15, 0.2) is 10.7 Å². The van der Waals surface area contributed by atoms with Gasteiger partial charge in [-0.25, -0.2) is 9.97 Å². The first-order chi connectivity index (χ1) is 6.09. The van der Waals surface area contributed by atoms with Crippen LogP contribution in [0.3, 0.4) is 0 Å². The van der Waals surface area contributed by atoms with Gasteiger partial charge >= 0.3 is 0 Å². The normalized spacial score (nSPS) is 11.0. The number of nitrogens with zero attached hydrogens (tertiary/aromatic N) is 3. The van der Waals surface area contributed by atoms with E-state index in [1.807, 2.05) is 24.7 Å². The molecule has 0 saturated heterocycles. The van der Waals surface area contributed by atoms with Gasteiger partial charge in [-0.1, -0.05) is 0 Å². The van der Waals surface area contributed by atoms with E-state index in [9.17, 15) is 0 Å². The molecule has 2 N–H and O–H groups in total. The number of hydrogen-bond acceptors (Lipinski definition) is 3. The standard InChI is InChI=1S/C8H9BrN4/c1-4-11-7(10)6-5(9)3-13(2)8(6)12-4/h3H,1-2H3,(H2,10,11,12). The van der Waals surface area contributed by atoms with Gasteiger partial charge in [0.2, 0.25) is 0 Å². The number of rotatable bonds is 0. The highest BCUT2D eigenvalue weighted by atomic mass is 79.9. The third kappa shape index (κ3) is 1.19. The molecular weight excluding hydrogens is 232 g/mol. The zero-order chi connectivity index (χ0) is 9.59. The summed E-state index contributed by atoms with van der Waals surface area (Å²) >= 11 is 3.41. The number of aryl methyl sites for hydroxylation is 2. The van der Waals surface area contributed by atoms with Crippen molar-refractivity contribution in [2.24, 2.45) is 7.05 Å². The smallest absolute Gasteiger partial charge is 0.146 e. The van der Waals surface area contributed by atoms with E-state index >= 15 is 0 Å². The largest absolute Gasteiger partial charge is 0.383 e. The van der Waals surface area contributed by atoms with Gasteiger partial charge in [-0.2, -0.15) is 0 Å². The molecule has 0 bridgehead atoms. The Morgan fingerprint density at radius 2 is 2.15 bits per heavy atom. The zero-order valence-electron chi connectivity index (χ0n) is 7.37. The van der Waals surface area contributed by atoms with Gasteiger partial charge in [0.25, 0.3) is 0 Å². The highest BCUT2D eigenvalue weighted by molar-refractivity contribution is 9.10. The van der Waals surface area contributed by atoms with Gasteiger partial charge in [-0.05, 0) is 22.9 Å². The fraction of sp³-hybridized carbons (Fsp3) is 0.250. The molecule has 0 unspecified atom stereocenters. The molecule has 2 aromatic rings. The van der Waals surface area contributed by atoms with Crippen LogP contribution in [0.1, 0.15) is 5.82 Å². The molecule has 0 atom stereocenters. The summed E-state index contributed by atoms with van der Waals surface area (Å²) in [6.45, 7) is 1.83. The summed E-state index contributed by atoms with van der Waals surface area (Å²) in [5, 5.41) is 0.883. The second-order valence-corrected chi connectivity index (χ2v) is 3.80. The lowest BCUT2D eigenvalue weighted by Crippen LogP contribution is -1.98. The van der Waals surface area contributed by atoms with E-state index in [2.05, 4.69) is 25.9 Å². The second-order valence-electron chi connectivity index (χ2n) is 2.94. The van der Waals surface area contributed by atoms with Crippen molar-refractivity contribution in [1.29, 1.82) is 0 Å². The molecule has 13 heavy (non-hydrogen) atoms. The molecule has 4 nitrogen and oxygen atoms in total. The molecule has 2 aromatic heterocycles. The van der Waals surface area contributed by atoms with Crippen LogP contribution < -0.4 is 5.73 Å². The molecule has 0 aliphatic heterocycles. The summed E-state index contributed by atoms with van der Waals surface area (Å²) in [4.78, 5) is 8.40. The van der Waals surface area contributed by atoms with Crippen molar-refractivity contribution in [2.75, 3.05) is 5.73 Å². The molecule has 0 fully saturated rings. The first-order valence-corrected chi connectivity index (χ1v) is 4.63. The molecule has 5 heteroatoms. The molecule has 0 aliphatic rings. The van der Waals surface area contributed by atoms with Gasteiger partial charge in [0, 0.05) is 17.7 Å². The van der Waals surface area contributed by atoms with Crippen LogP contribution in [0.2, 0.25) is 0 Å². The number of nitrogens with two attached hydrogens (primary N) is 1. The average Bonchev–Trinajstić information content (AvgIpc) is 2.27. The average molecular weight is 241 g/mol. The molecule has 2 heterocycles. The van der Waals surface area contributed by atoms with Crippen LogP contribution in [0.4, 0.5) is 5.82 Å². The molecule has 68 valence electrons. The van der Waals surface area contributed by atoms with Crippen LogP contribution in [-0.4, -0.2) is 14.5 Å². The van der Waals surface area contributed by atoms with Crippen LogP contribution >= 0.6 is 15.9 Å². The summed E-state index contributed by atoms with van der Waals surface area (Å²) in [6.07, 6.45) is 1.93. The lowest BCUT2D eigenvalue weighted by molar-refractivity contribution is 0.931. The number of fused-ring (bicyclic) bond motifs is 1. The van der Waals surface area contributed by atoms with Crippen molar-refractivity contribution in [3.63, 3.8) is 0 Å². The predicted molar refractivity (Wildman–Crippen MR) is 55.4 cm³/mol. The van der Waals surface area contributed by atoms with E-state index in [1.54, 1.807) is 0 Å². The summed E-state index contributed by atoms with van der Waals surface area (Å²) in [5.74, 6) is 1.22.